The lowest BCUT2D eigenvalue weighted by Crippen LogP contribution is -2.35. The molecule has 0 fully saturated rings. The monoisotopic (exact) mass is 297 g/mol. The third-order valence-corrected chi connectivity index (χ3v) is 3.55. The number of rotatable bonds is 7. The summed E-state index contributed by atoms with van der Waals surface area (Å²) < 4.78 is 0. The first-order valence-corrected chi connectivity index (χ1v) is 7.22. The van der Waals surface area contributed by atoms with Crippen LogP contribution in [0.3, 0.4) is 0 Å². The molecule has 20 heavy (non-hydrogen) atoms. The van der Waals surface area contributed by atoms with Gasteiger partial charge in [0.15, 0.2) is 0 Å². The van der Waals surface area contributed by atoms with Crippen molar-refractivity contribution in [2.24, 2.45) is 5.73 Å². The van der Waals surface area contributed by atoms with Crippen molar-refractivity contribution in [2.75, 3.05) is 20.6 Å². The predicted molar refractivity (Wildman–Crippen MR) is 83.8 cm³/mol. The molecule has 1 rings (SSSR count). The summed E-state index contributed by atoms with van der Waals surface area (Å²) in [5.41, 5.74) is 6.67. The van der Waals surface area contributed by atoms with Gasteiger partial charge >= 0.3 is 0 Å². The minimum Gasteiger partial charge on any atom is -0.354 e. The van der Waals surface area contributed by atoms with Crippen LogP contribution in [0.4, 0.5) is 0 Å². The highest BCUT2D eigenvalue weighted by Gasteiger charge is 2.17. The molecule has 0 bridgehead atoms. The van der Waals surface area contributed by atoms with Crippen LogP contribution in [-0.2, 0) is 4.79 Å². The average Bonchev–Trinajstić information content (AvgIpc) is 2.38. The molecule has 3 N–H and O–H groups in total. The second-order valence-electron chi connectivity index (χ2n) is 5.32. The first-order valence-electron chi connectivity index (χ1n) is 6.85. The molecule has 2 unspecified atom stereocenters. The van der Waals surface area contributed by atoms with E-state index in [2.05, 4.69) is 5.32 Å². The van der Waals surface area contributed by atoms with Crippen molar-refractivity contribution in [3.8, 4) is 0 Å². The van der Waals surface area contributed by atoms with E-state index in [-0.39, 0.29) is 18.0 Å². The lowest BCUT2D eigenvalue weighted by molar-refractivity contribution is -0.121. The Labute approximate surface area is 126 Å². The number of benzene rings is 1. The molecule has 0 spiro atoms. The van der Waals surface area contributed by atoms with Crippen LogP contribution in [0.15, 0.2) is 24.3 Å². The van der Waals surface area contributed by atoms with Gasteiger partial charge in [0.1, 0.15) is 0 Å². The van der Waals surface area contributed by atoms with E-state index in [1.54, 1.807) is 0 Å². The summed E-state index contributed by atoms with van der Waals surface area (Å²) in [5.74, 6) is 0.0289. The predicted octanol–water partition coefficient (Wildman–Crippen LogP) is 2.19. The molecular formula is C15H24ClN3O. The number of nitrogens with zero attached hydrogens (tertiary/aromatic N) is 1. The number of likely N-dealkylation sites (N-methyl/N-ethyl adjacent to an activating group) is 1. The highest BCUT2D eigenvalue weighted by atomic mass is 35.5. The van der Waals surface area contributed by atoms with Crippen molar-refractivity contribution in [3.05, 3.63) is 34.9 Å². The number of nitrogens with one attached hydrogen (secondary N) is 1. The van der Waals surface area contributed by atoms with Gasteiger partial charge in [-0.05, 0) is 39.1 Å². The Morgan fingerprint density at radius 3 is 2.60 bits per heavy atom. The van der Waals surface area contributed by atoms with Crippen LogP contribution in [0, 0.1) is 0 Å². The van der Waals surface area contributed by atoms with Crippen molar-refractivity contribution in [1.82, 2.24) is 10.2 Å². The van der Waals surface area contributed by atoms with Crippen molar-refractivity contribution < 1.29 is 4.79 Å². The summed E-state index contributed by atoms with van der Waals surface area (Å²) in [5, 5.41) is 3.67. The topological polar surface area (TPSA) is 58.4 Å². The van der Waals surface area contributed by atoms with E-state index in [9.17, 15) is 4.79 Å². The van der Waals surface area contributed by atoms with Gasteiger partial charge in [0.05, 0.1) is 6.04 Å². The summed E-state index contributed by atoms with van der Waals surface area (Å²) in [4.78, 5) is 13.8. The van der Waals surface area contributed by atoms with E-state index in [1.165, 1.54) is 0 Å². The van der Waals surface area contributed by atoms with E-state index in [4.69, 9.17) is 17.3 Å². The molecule has 0 aliphatic heterocycles. The molecule has 0 aromatic heterocycles. The first-order chi connectivity index (χ1) is 9.41. The lowest BCUT2D eigenvalue weighted by atomic mass is 10.1. The van der Waals surface area contributed by atoms with Crippen LogP contribution in [0.5, 0.6) is 0 Å². The second-order valence-corrected chi connectivity index (χ2v) is 5.73. The van der Waals surface area contributed by atoms with Gasteiger partial charge in [-0.3, -0.25) is 4.79 Å². The molecule has 0 aliphatic rings. The van der Waals surface area contributed by atoms with Crippen LogP contribution in [0.25, 0.3) is 0 Å². The standard InChI is InChI=1S/C15H24ClN3O/c1-11(17)8-9-15(20)18-10-14(19(2)3)12-6-4-5-7-13(12)16/h4-7,11,14H,8-10,17H2,1-3H3,(H,18,20). The molecule has 0 saturated heterocycles. The molecule has 0 saturated carbocycles. The lowest BCUT2D eigenvalue weighted by Gasteiger charge is -2.26. The Morgan fingerprint density at radius 2 is 2.05 bits per heavy atom. The summed E-state index contributed by atoms with van der Waals surface area (Å²) in [7, 11) is 3.95. The molecule has 1 aromatic carbocycles. The largest absolute Gasteiger partial charge is 0.354 e. The van der Waals surface area contributed by atoms with Crippen molar-refractivity contribution in [2.45, 2.75) is 31.8 Å². The first kappa shape index (κ1) is 17.0. The van der Waals surface area contributed by atoms with E-state index < -0.39 is 0 Å². The highest BCUT2D eigenvalue weighted by Crippen LogP contribution is 2.25. The van der Waals surface area contributed by atoms with Crippen LogP contribution in [-0.4, -0.2) is 37.5 Å². The van der Waals surface area contributed by atoms with Gasteiger partial charge in [0, 0.05) is 24.0 Å². The van der Waals surface area contributed by atoms with Crippen LogP contribution in [0.1, 0.15) is 31.4 Å². The fourth-order valence-electron chi connectivity index (χ4n) is 1.97. The van der Waals surface area contributed by atoms with Crippen molar-refractivity contribution in [1.29, 1.82) is 0 Å². The van der Waals surface area contributed by atoms with Gasteiger partial charge < -0.3 is 16.0 Å². The third kappa shape index (κ3) is 5.49. The van der Waals surface area contributed by atoms with Crippen molar-refractivity contribution >= 4 is 17.5 Å². The maximum absolute atomic E-state index is 11.8. The molecular weight excluding hydrogens is 274 g/mol. The van der Waals surface area contributed by atoms with Crippen molar-refractivity contribution in [3.63, 3.8) is 0 Å². The summed E-state index contributed by atoms with van der Waals surface area (Å²) in [6, 6.07) is 7.82. The van der Waals surface area contributed by atoms with Gasteiger partial charge in [0.25, 0.3) is 0 Å². The Hall–Kier alpha value is -1.10. The minimum atomic E-state index is 0.0289. The molecule has 112 valence electrons. The van der Waals surface area contributed by atoms with Crippen LogP contribution < -0.4 is 11.1 Å². The molecule has 1 amide bonds. The molecule has 0 radical (unpaired) electrons. The third-order valence-electron chi connectivity index (χ3n) is 3.21. The number of amides is 1. The second kappa shape index (κ2) is 8.25. The Balaban J connectivity index is 2.61. The molecule has 0 aliphatic carbocycles. The van der Waals surface area contributed by atoms with Gasteiger partial charge in [-0.15, -0.1) is 0 Å². The fourth-order valence-corrected chi connectivity index (χ4v) is 2.24. The summed E-state index contributed by atoms with van der Waals surface area (Å²) in [6.45, 7) is 2.44. The molecule has 0 heterocycles. The normalized spacial score (nSPS) is 14.1. The number of hydrogen-bond acceptors (Lipinski definition) is 3. The summed E-state index contributed by atoms with van der Waals surface area (Å²) >= 11 is 6.23. The van der Waals surface area contributed by atoms with Crippen LogP contribution >= 0.6 is 11.6 Å². The zero-order valence-corrected chi connectivity index (χ0v) is 13.2. The number of carbonyl (C=O) groups excluding carboxylic acids is 1. The quantitative estimate of drug-likeness (QED) is 0.811. The number of carbonyl (C=O) groups is 1. The summed E-state index contributed by atoms with van der Waals surface area (Å²) in [6.07, 6.45) is 1.16. The Bertz CT molecular complexity index is 435. The Kier molecular flexibility index (Phi) is 6.99. The van der Waals surface area contributed by atoms with E-state index in [1.807, 2.05) is 50.2 Å². The minimum absolute atomic E-state index is 0.0289. The molecule has 4 nitrogen and oxygen atoms in total. The highest BCUT2D eigenvalue weighted by molar-refractivity contribution is 6.31. The molecule has 1 aromatic rings. The number of nitrogens with two attached hydrogens (primary N) is 1. The van der Waals surface area contributed by atoms with Gasteiger partial charge in [-0.2, -0.15) is 0 Å². The average molecular weight is 298 g/mol. The number of hydrogen-bond donors (Lipinski definition) is 2. The van der Waals surface area contributed by atoms with Gasteiger partial charge in [0.2, 0.25) is 5.91 Å². The van der Waals surface area contributed by atoms with Gasteiger partial charge in [-0.25, -0.2) is 0 Å². The zero-order valence-electron chi connectivity index (χ0n) is 12.4. The molecule has 5 heteroatoms. The Morgan fingerprint density at radius 1 is 1.40 bits per heavy atom. The molecule has 2 atom stereocenters. The van der Waals surface area contributed by atoms with Gasteiger partial charge in [-0.1, -0.05) is 29.8 Å². The maximum atomic E-state index is 11.8. The SMILES string of the molecule is CC(N)CCC(=O)NCC(c1ccccc1Cl)N(C)C. The fraction of sp³-hybridized carbons (Fsp3) is 0.533. The zero-order chi connectivity index (χ0) is 15.1. The number of halogens is 1. The van der Waals surface area contributed by atoms with E-state index in [0.717, 1.165) is 10.6 Å². The van der Waals surface area contributed by atoms with E-state index >= 15 is 0 Å². The van der Waals surface area contributed by atoms with E-state index in [0.29, 0.717) is 19.4 Å². The van der Waals surface area contributed by atoms with Crippen LogP contribution in [0.2, 0.25) is 5.02 Å². The smallest absolute Gasteiger partial charge is 0.220 e. The maximum Gasteiger partial charge on any atom is 0.220 e.